The highest BCUT2D eigenvalue weighted by Gasteiger charge is 2.06. The van der Waals surface area contributed by atoms with Gasteiger partial charge in [0.25, 0.3) is 5.91 Å². The highest BCUT2D eigenvalue weighted by molar-refractivity contribution is 9.10. The number of hydrogen-bond donors (Lipinski definition) is 2. The van der Waals surface area contributed by atoms with Crippen LogP contribution in [-0.4, -0.2) is 17.6 Å². The van der Waals surface area contributed by atoms with Crippen LogP contribution in [0.15, 0.2) is 40.2 Å². The molecule has 2 aromatic rings. The first-order valence-electron chi connectivity index (χ1n) is 6.40. The van der Waals surface area contributed by atoms with Gasteiger partial charge in [0.1, 0.15) is 0 Å². The molecule has 108 valence electrons. The fraction of sp³-hybridized carbons (Fsp3) is 0.188. The maximum absolute atomic E-state index is 12.1. The lowest BCUT2D eigenvalue weighted by molar-refractivity contribution is 0.0951. The molecule has 0 bridgehead atoms. The lowest BCUT2D eigenvalue weighted by atomic mass is 10.1. The number of thiophene rings is 1. The summed E-state index contributed by atoms with van der Waals surface area (Å²) < 4.78 is 1.03. The zero-order valence-electron chi connectivity index (χ0n) is 11.2. The van der Waals surface area contributed by atoms with Crippen LogP contribution in [-0.2, 0) is 6.54 Å². The molecule has 0 aliphatic rings. The normalized spacial score (nSPS) is 9.81. The first-order valence-corrected chi connectivity index (χ1v) is 8.07. The molecule has 21 heavy (non-hydrogen) atoms. The summed E-state index contributed by atoms with van der Waals surface area (Å²) in [7, 11) is 0. The van der Waals surface area contributed by atoms with Gasteiger partial charge in [-0.2, -0.15) is 0 Å². The summed E-state index contributed by atoms with van der Waals surface area (Å²) in [5.74, 6) is 5.65. The Hall–Kier alpha value is -1.61. The molecule has 0 aliphatic carbocycles. The van der Waals surface area contributed by atoms with Crippen LogP contribution < -0.4 is 5.32 Å². The molecule has 0 fully saturated rings. The van der Waals surface area contributed by atoms with Gasteiger partial charge in [-0.1, -0.05) is 17.9 Å². The maximum atomic E-state index is 12.1. The molecule has 0 saturated heterocycles. The second-order valence-electron chi connectivity index (χ2n) is 4.27. The molecule has 2 N–H and O–H groups in total. The van der Waals surface area contributed by atoms with Gasteiger partial charge in [-0.05, 0) is 40.2 Å². The van der Waals surface area contributed by atoms with Crippen molar-refractivity contribution < 1.29 is 9.90 Å². The maximum Gasteiger partial charge on any atom is 0.251 e. The molecule has 0 saturated carbocycles. The molecule has 5 heteroatoms. The molecule has 0 unspecified atom stereocenters. The number of benzene rings is 1. The molecular formula is C16H14BrNO2S. The summed E-state index contributed by atoms with van der Waals surface area (Å²) in [6, 6.07) is 9.15. The number of halogens is 1. The van der Waals surface area contributed by atoms with Crippen molar-refractivity contribution in [1.29, 1.82) is 0 Å². The molecule has 0 atom stereocenters. The summed E-state index contributed by atoms with van der Waals surface area (Å²) in [5.41, 5.74) is 1.36. The van der Waals surface area contributed by atoms with Crippen LogP contribution in [0.3, 0.4) is 0 Å². The largest absolute Gasteiger partial charge is 0.395 e. The number of aliphatic hydroxyl groups excluding tert-OH is 1. The van der Waals surface area contributed by atoms with E-state index in [0.717, 1.165) is 14.9 Å². The van der Waals surface area contributed by atoms with Crippen molar-refractivity contribution in [2.24, 2.45) is 0 Å². The molecule has 1 aromatic carbocycles. The van der Waals surface area contributed by atoms with E-state index in [0.29, 0.717) is 18.5 Å². The van der Waals surface area contributed by atoms with Crippen LogP contribution in [0.4, 0.5) is 0 Å². The van der Waals surface area contributed by atoms with E-state index in [1.54, 1.807) is 29.5 Å². The van der Waals surface area contributed by atoms with E-state index in [1.807, 2.05) is 17.5 Å². The van der Waals surface area contributed by atoms with Gasteiger partial charge in [0.15, 0.2) is 0 Å². The van der Waals surface area contributed by atoms with Gasteiger partial charge in [0.2, 0.25) is 0 Å². The minimum Gasteiger partial charge on any atom is -0.395 e. The van der Waals surface area contributed by atoms with Crippen molar-refractivity contribution in [1.82, 2.24) is 5.32 Å². The summed E-state index contributed by atoms with van der Waals surface area (Å²) in [6.45, 7) is 0.555. The van der Waals surface area contributed by atoms with Crippen LogP contribution in [0.2, 0.25) is 0 Å². The highest BCUT2D eigenvalue weighted by atomic mass is 79.9. The Bertz CT molecular complexity index is 685. The van der Waals surface area contributed by atoms with Crippen molar-refractivity contribution in [2.45, 2.75) is 13.0 Å². The number of hydrogen-bond acceptors (Lipinski definition) is 3. The molecule has 0 spiro atoms. The zero-order chi connectivity index (χ0) is 15.1. The summed E-state index contributed by atoms with van der Waals surface area (Å²) in [5, 5.41) is 13.6. The van der Waals surface area contributed by atoms with E-state index in [-0.39, 0.29) is 12.5 Å². The van der Waals surface area contributed by atoms with Gasteiger partial charge in [0, 0.05) is 32.3 Å². The average Bonchev–Trinajstić information content (AvgIpc) is 2.91. The summed E-state index contributed by atoms with van der Waals surface area (Å²) >= 11 is 4.98. The van der Waals surface area contributed by atoms with Gasteiger partial charge in [-0.15, -0.1) is 11.3 Å². The third-order valence-corrected chi connectivity index (χ3v) is 4.34. The first kappa shape index (κ1) is 15.8. The standard InChI is InChI=1S/C16H14BrNO2S/c17-14-9-15(21-11-14)10-18-16(20)13-6-3-5-12(8-13)4-1-2-7-19/h3,5-6,8-9,11,19H,2,7,10H2,(H,18,20). The number of carbonyl (C=O) groups is 1. The predicted molar refractivity (Wildman–Crippen MR) is 88.2 cm³/mol. The fourth-order valence-corrected chi connectivity index (χ4v) is 3.07. The number of aliphatic hydroxyl groups is 1. The lowest BCUT2D eigenvalue weighted by Gasteiger charge is -2.04. The number of rotatable bonds is 4. The highest BCUT2D eigenvalue weighted by Crippen LogP contribution is 2.19. The third kappa shape index (κ3) is 5.01. The van der Waals surface area contributed by atoms with Gasteiger partial charge in [-0.3, -0.25) is 4.79 Å². The SMILES string of the molecule is O=C(NCc1cc(Br)cs1)c1cccc(C#CCCO)c1. The number of nitrogens with one attached hydrogen (secondary N) is 1. The van der Waals surface area contributed by atoms with Crippen LogP contribution in [0.1, 0.15) is 27.2 Å². The van der Waals surface area contributed by atoms with Crippen molar-refractivity contribution in [3.63, 3.8) is 0 Å². The first-order chi connectivity index (χ1) is 10.2. The molecule has 0 aliphatic heterocycles. The Morgan fingerprint density at radius 2 is 2.24 bits per heavy atom. The van der Waals surface area contributed by atoms with Crippen LogP contribution in [0.5, 0.6) is 0 Å². The Balaban J connectivity index is 1.99. The Morgan fingerprint density at radius 3 is 2.95 bits per heavy atom. The minimum atomic E-state index is -0.120. The van der Waals surface area contributed by atoms with Crippen LogP contribution in [0, 0.1) is 11.8 Å². The quantitative estimate of drug-likeness (QED) is 0.819. The van der Waals surface area contributed by atoms with Crippen LogP contribution >= 0.6 is 27.3 Å². The fourth-order valence-electron chi connectivity index (χ4n) is 1.67. The van der Waals surface area contributed by atoms with Crippen molar-refractivity contribution >= 4 is 33.2 Å². The third-order valence-electron chi connectivity index (χ3n) is 2.64. The van der Waals surface area contributed by atoms with Crippen molar-refractivity contribution in [3.05, 3.63) is 56.2 Å². The molecule has 1 amide bonds. The van der Waals surface area contributed by atoms with Gasteiger partial charge in [-0.25, -0.2) is 0 Å². The summed E-state index contributed by atoms with van der Waals surface area (Å²) in [6.07, 6.45) is 0.434. The second kappa shape index (κ2) is 7.99. The van der Waals surface area contributed by atoms with Gasteiger partial charge in [0.05, 0.1) is 13.2 Å². The van der Waals surface area contributed by atoms with Crippen LogP contribution in [0.25, 0.3) is 0 Å². The Morgan fingerprint density at radius 1 is 1.38 bits per heavy atom. The van der Waals surface area contributed by atoms with Gasteiger partial charge >= 0.3 is 0 Å². The molecule has 3 nitrogen and oxygen atoms in total. The lowest BCUT2D eigenvalue weighted by Crippen LogP contribution is -2.22. The minimum absolute atomic E-state index is 0.0452. The van der Waals surface area contributed by atoms with E-state index in [9.17, 15) is 4.79 Å². The van der Waals surface area contributed by atoms with E-state index >= 15 is 0 Å². The topological polar surface area (TPSA) is 49.3 Å². The average molecular weight is 364 g/mol. The molecular weight excluding hydrogens is 350 g/mol. The smallest absolute Gasteiger partial charge is 0.251 e. The summed E-state index contributed by atoms with van der Waals surface area (Å²) in [4.78, 5) is 13.2. The van der Waals surface area contributed by atoms with E-state index < -0.39 is 0 Å². The molecule has 0 radical (unpaired) electrons. The van der Waals surface area contributed by atoms with Gasteiger partial charge < -0.3 is 10.4 Å². The molecule has 1 heterocycles. The van der Waals surface area contributed by atoms with Crippen molar-refractivity contribution in [2.75, 3.05) is 6.61 Å². The van der Waals surface area contributed by atoms with E-state index in [1.165, 1.54) is 0 Å². The Kier molecular flexibility index (Phi) is 6.00. The predicted octanol–water partition coefficient (Wildman–Crippen LogP) is 3.17. The monoisotopic (exact) mass is 363 g/mol. The zero-order valence-corrected chi connectivity index (χ0v) is 13.6. The van der Waals surface area contributed by atoms with E-state index in [4.69, 9.17) is 5.11 Å². The number of carbonyl (C=O) groups excluding carboxylic acids is 1. The Labute approximate surface area is 136 Å². The second-order valence-corrected chi connectivity index (χ2v) is 6.18. The van der Waals surface area contributed by atoms with Crippen molar-refractivity contribution in [3.8, 4) is 11.8 Å². The van der Waals surface area contributed by atoms with E-state index in [2.05, 4.69) is 33.1 Å². The molecule has 1 aromatic heterocycles. The molecule has 2 rings (SSSR count). The number of amides is 1.